The SMILES string of the molecule is COCC(CCCN)N(C)C(C)c1ccccc1F. The number of nitrogens with two attached hydrogens (primary N) is 1. The maximum Gasteiger partial charge on any atom is 0.127 e. The van der Waals surface area contributed by atoms with Crippen molar-refractivity contribution in [3.63, 3.8) is 0 Å². The van der Waals surface area contributed by atoms with E-state index in [4.69, 9.17) is 10.5 Å². The Morgan fingerprint density at radius 3 is 2.63 bits per heavy atom. The van der Waals surface area contributed by atoms with Crippen LogP contribution in [0.1, 0.15) is 31.4 Å². The Balaban J connectivity index is 2.77. The van der Waals surface area contributed by atoms with E-state index < -0.39 is 0 Å². The minimum absolute atomic E-state index is 0.0131. The number of hydrogen-bond donors (Lipinski definition) is 1. The van der Waals surface area contributed by atoms with Gasteiger partial charge in [-0.05, 0) is 39.4 Å². The zero-order valence-electron chi connectivity index (χ0n) is 12.1. The fraction of sp³-hybridized carbons (Fsp3) is 0.600. The highest BCUT2D eigenvalue weighted by molar-refractivity contribution is 5.20. The summed E-state index contributed by atoms with van der Waals surface area (Å²) in [5.74, 6) is -0.156. The Hall–Kier alpha value is -0.970. The monoisotopic (exact) mass is 268 g/mol. The van der Waals surface area contributed by atoms with Gasteiger partial charge in [-0.3, -0.25) is 4.90 Å². The standard InChI is InChI=1S/C15H25FN2O/c1-12(14-8-4-5-9-15(14)16)18(2)13(11-19-3)7-6-10-17/h4-5,8-9,12-13H,6-7,10-11,17H2,1-3H3. The molecule has 0 spiro atoms. The van der Waals surface area contributed by atoms with Gasteiger partial charge in [-0.1, -0.05) is 18.2 Å². The van der Waals surface area contributed by atoms with Crippen molar-refractivity contribution in [3.8, 4) is 0 Å². The van der Waals surface area contributed by atoms with Gasteiger partial charge in [-0.15, -0.1) is 0 Å². The molecule has 0 saturated carbocycles. The smallest absolute Gasteiger partial charge is 0.127 e. The number of benzene rings is 1. The van der Waals surface area contributed by atoms with E-state index in [1.54, 1.807) is 13.2 Å². The first-order valence-corrected chi connectivity index (χ1v) is 6.77. The summed E-state index contributed by atoms with van der Waals surface area (Å²) in [5.41, 5.74) is 6.29. The van der Waals surface area contributed by atoms with Gasteiger partial charge in [0.15, 0.2) is 0 Å². The first-order valence-electron chi connectivity index (χ1n) is 6.77. The third-order valence-electron chi connectivity index (χ3n) is 3.64. The zero-order valence-corrected chi connectivity index (χ0v) is 12.1. The van der Waals surface area contributed by atoms with E-state index in [-0.39, 0.29) is 17.9 Å². The second-order valence-electron chi connectivity index (χ2n) is 4.90. The molecule has 0 aliphatic carbocycles. The lowest BCUT2D eigenvalue weighted by atomic mass is 10.0. The van der Waals surface area contributed by atoms with Crippen LogP contribution in [0, 0.1) is 5.82 Å². The van der Waals surface area contributed by atoms with Crippen molar-refractivity contribution in [2.75, 3.05) is 27.3 Å². The van der Waals surface area contributed by atoms with Crippen LogP contribution in [-0.4, -0.2) is 38.3 Å². The molecule has 19 heavy (non-hydrogen) atoms. The van der Waals surface area contributed by atoms with Crippen LogP contribution in [0.2, 0.25) is 0 Å². The molecular weight excluding hydrogens is 243 g/mol. The highest BCUT2D eigenvalue weighted by Gasteiger charge is 2.22. The second-order valence-corrected chi connectivity index (χ2v) is 4.90. The normalized spacial score (nSPS) is 14.6. The van der Waals surface area contributed by atoms with Gasteiger partial charge >= 0.3 is 0 Å². The van der Waals surface area contributed by atoms with E-state index in [1.165, 1.54) is 6.07 Å². The molecule has 1 aromatic rings. The van der Waals surface area contributed by atoms with Gasteiger partial charge in [0.1, 0.15) is 5.82 Å². The number of ether oxygens (including phenoxy) is 1. The van der Waals surface area contributed by atoms with Crippen molar-refractivity contribution < 1.29 is 9.13 Å². The van der Waals surface area contributed by atoms with Crippen LogP contribution >= 0.6 is 0 Å². The predicted octanol–water partition coefficient (Wildman–Crippen LogP) is 2.57. The molecular formula is C15H25FN2O. The Kier molecular flexibility index (Phi) is 6.99. The van der Waals surface area contributed by atoms with E-state index in [0.717, 1.165) is 18.4 Å². The van der Waals surface area contributed by atoms with Crippen LogP contribution in [0.5, 0.6) is 0 Å². The van der Waals surface area contributed by atoms with Gasteiger partial charge in [0, 0.05) is 24.8 Å². The molecule has 2 unspecified atom stereocenters. The fourth-order valence-electron chi connectivity index (χ4n) is 2.30. The molecule has 0 aliphatic heterocycles. The topological polar surface area (TPSA) is 38.5 Å². The highest BCUT2D eigenvalue weighted by atomic mass is 19.1. The van der Waals surface area contributed by atoms with Gasteiger partial charge in [0.25, 0.3) is 0 Å². The molecule has 1 rings (SSSR count). The largest absolute Gasteiger partial charge is 0.383 e. The van der Waals surface area contributed by atoms with Crippen molar-refractivity contribution in [2.45, 2.75) is 31.8 Å². The van der Waals surface area contributed by atoms with Crippen LogP contribution in [0.15, 0.2) is 24.3 Å². The number of rotatable bonds is 8. The van der Waals surface area contributed by atoms with E-state index in [0.29, 0.717) is 13.2 Å². The molecule has 0 heterocycles. The van der Waals surface area contributed by atoms with E-state index in [9.17, 15) is 4.39 Å². The lowest BCUT2D eigenvalue weighted by molar-refractivity contribution is 0.0775. The van der Waals surface area contributed by atoms with E-state index >= 15 is 0 Å². The number of methoxy groups -OCH3 is 1. The van der Waals surface area contributed by atoms with E-state index in [1.807, 2.05) is 26.1 Å². The van der Waals surface area contributed by atoms with Gasteiger partial charge in [-0.25, -0.2) is 4.39 Å². The summed E-state index contributed by atoms with van der Waals surface area (Å²) in [6, 6.07) is 7.19. The first kappa shape index (κ1) is 16.1. The molecule has 0 aliphatic rings. The van der Waals surface area contributed by atoms with Crippen molar-refractivity contribution in [1.29, 1.82) is 0 Å². The summed E-state index contributed by atoms with van der Waals surface area (Å²) in [6.07, 6.45) is 1.90. The number of halogens is 1. The lowest BCUT2D eigenvalue weighted by Crippen LogP contribution is -2.38. The highest BCUT2D eigenvalue weighted by Crippen LogP contribution is 2.24. The molecule has 4 heteroatoms. The Bertz CT molecular complexity index is 373. The summed E-state index contributed by atoms with van der Waals surface area (Å²) in [5, 5.41) is 0. The van der Waals surface area contributed by atoms with Crippen molar-refractivity contribution in [3.05, 3.63) is 35.6 Å². The minimum Gasteiger partial charge on any atom is -0.383 e. The second kappa shape index (κ2) is 8.25. The maximum atomic E-state index is 13.8. The Morgan fingerprint density at radius 1 is 1.37 bits per heavy atom. The summed E-state index contributed by atoms with van der Waals surface area (Å²) in [4.78, 5) is 2.16. The van der Waals surface area contributed by atoms with Crippen LogP contribution in [-0.2, 0) is 4.74 Å². The molecule has 2 N–H and O–H groups in total. The third kappa shape index (κ3) is 4.56. The number of likely N-dealkylation sites (N-methyl/N-ethyl adjacent to an activating group) is 1. The summed E-state index contributed by atoms with van der Waals surface area (Å²) in [7, 11) is 3.70. The zero-order chi connectivity index (χ0) is 14.3. The molecule has 0 saturated heterocycles. The molecule has 0 aromatic heterocycles. The van der Waals surface area contributed by atoms with Gasteiger partial charge in [-0.2, -0.15) is 0 Å². The molecule has 3 nitrogen and oxygen atoms in total. The van der Waals surface area contributed by atoms with Crippen LogP contribution in [0.25, 0.3) is 0 Å². The summed E-state index contributed by atoms with van der Waals surface area (Å²) in [6.45, 7) is 3.32. The van der Waals surface area contributed by atoms with Gasteiger partial charge < -0.3 is 10.5 Å². The quantitative estimate of drug-likeness (QED) is 0.787. The molecule has 108 valence electrons. The third-order valence-corrected chi connectivity index (χ3v) is 3.64. The number of nitrogens with zero attached hydrogens (tertiary/aromatic N) is 1. The van der Waals surface area contributed by atoms with Crippen LogP contribution in [0.3, 0.4) is 0 Å². The minimum atomic E-state index is -0.156. The molecule has 0 fully saturated rings. The average Bonchev–Trinajstić information content (AvgIpc) is 2.42. The molecule has 0 radical (unpaired) electrons. The molecule has 0 amide bonds. The van der Waals surface area contributed by atoms with Crippen LogP contribution < -0.4 is 5.73 Å². The predicted molar refractivity (Wildman–Crippen MR) is 76.5 cm³/mol. The van der Waals surface area contributed by atoms with Crippen molar-refractivity contribution >= 4 is 0 Å². The number of hydrogen-bond acceptors (Lipinski definition) is 3. The summed E-state index contributed by atoms with van der Waals surface area (Å²) >= 11 is 0. The summed E-state index contributed by atoms with van der Waals surface area (Å²) < 4.78 is 19.1. The van der Waals surface area contributed by atoms with E-state index in [2.05, 4.69) is 4.90 Å². The van der Waals surface area contributed by atoms with Gasteiger partial charge in [0.2, 0.25) is 0 Å². The van der Waals surface area contributed by atoms with Crippen LogP contribution in [0.4, 0.5) is 4.39 Å². The Labute approximate surface area is 115 Å². The molecule has 1 aromatic carbocycles. The average molecular weight is 268 g/mol. The van der Waals surface area contributed by atoms with Crippen molar-refractivity contribution in [1.82, 2.24) is 4.90 Å². The molecule has 2 atom stereocenters. The maximum absolute atomic E-state index is 13.8. The fourth-order valence-corrected chi connectivity index (χ4v) is 2.30. The lowest BCUT2D eigenvalue weighted by Gasteiger charge is -2.33. The Morgan fingerprint density at radius 2 is 2.05 bits per heavy atom. The first-order chi connectivity index (χ1) is 9.11. The van der Waals surface area contributed by atoms with Gasteiger partial charge in [0.05, 0.1) is 6.61 Å². The molecule has 0 bridgehead atoms. The van der Waals surface area contributed by atoms with Crippen molar-refractivity contribution in [2.24, 2.45) is 5.73 Å².